The third-order valence-electron chi connectivity index (χ3n) is 4.90. The van der Waals surface area contributed by atoms with E-state index in [1.165, 1.54) is 12.1 Å². The number of nitrogens with one attached hydrogen (secondary N) is 2. The van der Waals surface area contributed by atoms with Crippen LogP contribution in [0.25, 0.3) is 0 Å². The largest absolute Gasteiger partial charge is 0.334 e. The van der Waals surface area contributed by atoms with Crippen LogP contribution in [-0.2, 0) is 4.79 Å². The highest BCUT2D eigenvalue weighted by molar-refractivity contribution is 6.30. The second-order valence-electron chi connectivity index (χ2n) is 7.02. The van der Waals surface area contributed by atoms with Gasteiger partial charge in [-0.25, -0.2) is 4.39 Å². The van der Waals surface area contributed by atoms with Crippen molar-refractivity contribution in [1.82, 2.24) is 10.7 Å². The Kier molecular flexibility index (Phi) is 6.02. The Morgan fingerprint density at radius 3 is 2.13 bits per heavy atom. The summed E-state index contributed by atoms with van der Waals surface area (Å²) in [6, 6.07) is 17.8. The minimum atomic E-state index is -0.874. The zero-order valence-corrected chi connectivity index (χ0v) is 17.6. The van der Waals surface area contributed by atoms with Crippen LogP contribution >= 0.6 is 23.2 Å². The van der Waals surface area contributed by atoms with Gasteiger partial charge in [-0.2, -0.15) is 0 Å². The fraction of sp³-hybridized carbons (Fsp3) is 0.0870. The first-order valence-electron chi connectivity index (χ1n) is 9.42. The van der Waals surface area contributed by atoms with E-state index in [4.69, 9.17) is 23.2 Å². The number of nitrogens with zero attached hydrogens (tertiary/aromatic N) is 1. The lowest BCUT2D eigenvalue weighted by atomic mass is 10.00. The van der Waals surface area contributed by atoms with Gasteiger partial charge < -0.3 is 5.32 Å². The van der Waals surface area contributed by atoms with Crippen molar-refractivity contribution in [3.63, 3.8) is 0 Å². The quantitative estimate of drug-likeness (QED) is 0.579. The highest BCUT2D eigenvalue weighted by atomic mass is 35.5. The van der Waals surface area contributed by atoms with Gasteiger partial charge in [-0.1, -0.05) is 35.3 Å². The number of benzene rings is 3. The molecule has 2 atom stereocenters. The average Bonchev–Trinajstić information content (AvgIpc) is 3.05. The summed E-state index contributed by atoms with van der Waals surface area (Å²) in [7, 11) is 0. The molecular formula is C23H17Cl2FN3O2+. The Labute approximate surface area is 188 Å². The first-order chi connectivity index (χ1) is 14.9. The Morgan fingerprint density at radius 2 is 1.52 bits per heavy atom. The Bertz CT molecular complexity index is 1150. The van der Waals surface area contributed by atoms with Gasteiger partial charge in [-0.15, -0.1) is 10.1 Å². The van der Waals surface area contributed by atoms with Crippen molar-refractivity contribution in [3.8, 4) is 0 Å². The summed E-state index contributed by atoms with van der Waals surface area (Å²) in [6.07, 6.45) is 1.69. The summed E-state index contributed by atoms with van der Waals surface area (Å²) in [4.78, 5) is 25.6. The molecule has 4 rings (SSSR count). The zero-order valence-electron chi connectivity index (χ0n) is 16.1. The lowest BCUT2D eigenvalue weighted by molar-refractivity contribution is -0.596. The van der Waals surface area contributed by atoms with Gasteiger partial charge in [-0.3, -0.25) is 9.59 Å². The molecule has 0 bridgehead atoms. The average molecular weight is 457 g/mol. The fourth-order valence-electron chi connectivity index (χ4n) is 3.38. The number of rotatable bonds is 4. The molecule has 1 heterocycles. The van der Waals surface area contributed by atoms with Crippen molar-refractivity contribution in [2.45, 2.75) is 12.1 Å². The number of hydrogen-bond donors (Lipinski definition) is 2. The topological polar surface area (TPSA) is 61.2 Å². The van der Waals surface area contributed by atoms with Crippen LogP contribution in [0, 0.1) is 5.82 Å². The van der Waals surface area contributed by atoms with Crippen LogP contribution in [0.3, 0.4) is 0 Å². The van der Waals surface area contributed by atoms with Crippen molar-refractivity contribution < 1.29 is 18.7 Å². The fourth-order valence-corrected chi connectivity index (χ4v) is 3.63. The van der Waals surface area contributed by atoms with Crippen molar-refractivity contribution in [2.24, 2.45) is 0 Å². The van der Waals surface area contributed by atoms with Crippen LogP contribution in [0.2, 0.25) is 10.0 Å². The maximum absolute atomic E-state index is 13.3. The van der Waals surface area contributed by atoms with E-state index >= 15 is 0 Å². The van der Waals surface area contributed by atoms with Gasteiger partial charge >= 0.3 is 5.91 Å². The van der Waals surface area contributed by atoms with Gasteiger partial charge in [0.05, 0.1) is 0 Å². The van der Waals surface area contributed by atoms with Crippen LogP contribution in [0.5, 0.6) is 0 Å². The maximum atomic E-state index is 13.3. The van der Waals surface area contributed by atoms with E-state index in [0.717, 1.165) is 5.56 Å². The predicted octanol–water partition coefficient (Wildman–Crippen LogP) is 4.15. The third kappa shape index (κ3) is 4.76. The van der Waals surface area contributed by atoms with Crippen LogP contribution in [-0.4, -0.2) is 28.8 Å². The van der Waals surface area contributed by atoms with Gasteiger partial charge in [0.2, 0.25) is 12.3 Å². The second-order valence-corrected chi connectivity index (χ2v) is 7.89. The number of hydrazine groups is 1. The standard InChI is InChI=1S/C23H16Cl2FN3O2/c24-17-7-3-15(4-8-17)21-20(27-22(30)16-5-9-18(25)10-6-16)23(31)28-29(21)13-14-1-11-19(26)12-2-14/h1-13,20-21H,(H-,27,28,30,31)/p+1/b29-13-/t20-,21-/m0/s1. The minimum absolute atomic E-state index is 0.357. The van der Waals surface area contributed by atoms with Crippen LogP contribution in [0.15, 0.2) is 72.8 Å². The van der Waals surface area contributed by atoms with Crippen molar-refractivity contribution in [3.05, 3.63) is 105 Å². The molecule has 8 heteroatoms. The van der Waals surface area contributed by atoms with E-state index in [1.807, 2.05) is 0 Å². The van der Waals surface area contributed by atoms with Crippen LogP contribution in [0.4, 0.5) is 4.39 Å². The van der Waals surface area contributed by atoms with E-state index in [9.17, 15) is 14.0 Å². The molecule has 0 unspecified atom stereocenters. The second kappa shape index (κ2) is 8.88. The summed E-state index contributed by atoms with van der Waals surface area (Å²) >= 11 is 11.9. The molecule has 1 fully saturated rings. The number of halogens is 3. The molecule has 2 N–H and O–H groups in total. The van der Waals surface area contributed by atoms with Gasteiger partial charge in [0, 0.05) is 26.7 Å². The van der Waals surface area contributed by atoms with Gasteiger partial charge in [0.15, 0.2) is 6.04 Å². The molecule has 1 aliphatic heterocycles. The lowest BCUT2D eigenvalue weighted by Gasteiger charge is -2.15. The van der Waals surface area contributed by atoms with Crippen molar-refractivity contribution >= 4 is 41.2 Å². The third-order valence-corrected chi connectivity index (χ3v) is 5.40. The molecule has 5 nitrogen and oxygen atoms in total. The van der Waals surface area contributed by atoms with E-state index in [-0.39, 0.29) is 11.7 Å². The summed E-state index contributed by atoms with van der Waals surface area (Å²) in [6.45, 7) is 0. The minimum Gasteiger partial charge on any atom is -0.334 e. The van der Waals surface area contributed by atoms with E-state index in [0.29, 0.717) is 21.2 Å². The molecule has 0 radical (unpaired) electrons. The number of carbonyl (C=O) groups is 2. The van der Waals surface area contributed by atoms with E-state index < -0.39 is 18.0 Å². The number of carbonyl (C=O) groups excluding carboxylic acids is 2. The van der Waals surface area contributed by atoms with Crippen LogP contribution in [0.1, 0.15) is 27.5 Å². The summed E-state index contributed by atoms with van der Waals surface area (Å²) in [5.41, 5.74) is 4.61. The van der Waals surface area contributed by atoms with E-state index in [2.05, 4.69) is 10.7 Å². The molecule has 0 saturated carbocycles. The summed E-state index contributed by atoms with van der Waals surface area (Å²) < 4.78 is 14.9. The lowest BCUT2D eigenvalue weighted by Crippen LogP contribution is -2.42. The molecule has 2 amide bonds. The molecule has 3 aromatic rings. The monoisotopic (exact) mass is 456 g/mol. The predicted molar refractivity (Wildman–Crippen MR) is 117 cm³/mol. The first-order valence-corrected chi connectivity index (χ1v) is 10.2. The Balaban J connectivity index is 1.69. The molecule has 1 aliphatic rings. The first kappa shape index (κ1) is 21.0. The summed E-state index contributed by atoms with van der Waals surface area (Å²) in [5, 5.41) is 3.86. The van der Waals surface area contributed by atoms with Gasteiger partial charge in [-0.05, 0) is 60.7 Å². The Morgan fingerprint density at radius 1 is 0.935 bits per heavy atom. The molecular weight excluding hydrogens is 440 g/mol. The van der Waals surface area contributed by atoms with Crippen LogP contribution < -0.4 is 10.7 Å². The highest BCUT2D eigenvalue weighted by Crippen LogP contribution is 2.27. The van der Waals surface area contributed by atoms with E-state index in [1.54, 1.807) is 71.6 Å². The zero-order chi connectivity index (χ0) is 22.0. The molecule has 0 aliphatic carbocycles. The normalized spacial score (nSPS) is 19.3. The number of hydrogen-bond acceptors (Lipinski definition) is 2. The van der Waals surface area contributed by atoms with Crippen molar-refractivity contribution in [1.29, 1.82) is 0 Å². The summed E-state index contributed by atoms with van der Waals surface area (Å²) in [5.74, 6) is -1.13. The molecule has 156 valence electrons. The molecule has 0 spiro atoms. The van der Waals surface area contributed by atoms with Gasteiger partial charge in [0.25, 0.3) is 5.91 Å². The smallest absolute Gasteiger partial charge is 0.304 e. The Hall–Kier alpha value is -3.22. The van der Waals surface area contributed by atoms with Gasteiger partial charge in [0.1, 0.15) is 5.82 Å². The highest BCUT2D eigenvalue weighted by Gasteiger charge is 2.47. The van der Waals surface area contributed by atoms with Crippen molar-refractivity contribution in [2.75, 3.05) is 0 Å². The molecule has 1 saturated heterocycles. The molecule has 31 heavy (non-hydrogen) atoms. The number of amides is 2. The molecule has 3 aromatic carbocycles. The SMILES string of the molecule is O=C(N[C@@H]1C(=O)N/[N+](=C\c2ccc(F)cc2)[C@H]1c1ccc(Cl)cc1)c1ccc(Cl)cc1. The molecule has 0 aromatic heterocycles. The maximum Gasteiger partial charge on any atom is 0.304 e. The number of hydrazone groups is 1.